The molecule has 0 aromatic heterocycles. The molecule has 2 rings (SSSR count). The summed E-state index contributed by atoms with van der Waals surface area (Å²) >= 11 is 3.25. The first-order valence-corrected chi connectivity index (χ1v) is 8.39. The molecule has 25 heavy (non-hydrogen) atoms. The van der Waals surface area contributed by atoms with E-state index in [0.29, 0.717) is 16.5 Å². The summed E-state index contributed by atoms with van der Waals surface area (Å²) in [6.07, 6.45) is 0.723. The van der Waals surface area contributed by atoms with Gasteiger partial charge >= 0.3 is 5.97 Å². The number of benzene rings is 2. The highest BCUT2D eigenvalue weighted by Gasteiger charge is 2.11. The Morgan fingerprint density at radius 1 is 0.920 bits per heavy atom. The Kier molecular flexibility index (Phi) is 7.16. The van der Waals surface area contributed by atoms with E-state index in [-0.39, 0.29) is 6.42 Å². The van der Waals surface area contributed by atoms with Crippen molar-refractivity contribution in [3.8, 4) is 0 Å². The van der Waals surface area contributed by atoms with E-state index in [2.05, 4.69) is 26.8 Å². The van der Waals surface area contributed by atoms with Crippen molar-refractivity contribution in [1.82, 2.24) is 10.9 Å². The molecule has 0 spiro atoms. The van der Waals surface area contributed by atoms with E-state index in [1.165, 1.54) is 0 Å². The summed E-state index contributed by atoms with van der Waals surface area (Å²) in [5.41, 5.74) is 5.86. The number of amides is 2. The SMILES string of the molecule is O=C(COC(=O)CCc1ccccc1)NNC(=O)c1ccccc1Br. The van der Waals surface area contributed by atoms with Gasteiger partial charge in [-0.3, -0.25) is 25.2 Å². The van der Waals surface area contributed by atoms with Crippen LogP contribution in [0.3, 0.4) is 0 Å². The molecule has 0 unspecified atom stereocenters. The topological polar surface area (TPSA) is 84.5 Å². The molecule has 0 aliphatic heterocycles. The van der Waals surface area contributed by atoms with Crippen LogP contribution < -0.4 is 10.9 Å². The lowest BCUT2D eigenvalue weighted by atomic mass is 10.1. The quantitative estimate of drug-likeness (QED) is 0.571. The zero-order chi connectivity index (χ0) is 18.1. The minimum Gasteiger partial charge on any atom is -0.455 e. The van der Waals surface area contributed by atoms with E-state index in [1.54, 1.807) is 24.3 Å². The molecule has 0 fully saturated rings. The molecule has 0 heterocycles. The second kappa shape index (κ2) is 9.58. The fraction of sp³-hybridized carbons (Fsp3) is 0.167. The highest BCUT2D eigenvalue weighted by molar-refractivity contribution is 9.10. The fourth-order valence-corrected chi connectivity index (χ4v) is 2.45. The molecule has 0 atom stereocenters. The maximum absolute atomic E-state index is 11.9. The first kappa shape index (κ1) is 18.7. The number of hydrogen-bond acceptors (Lipinski definition) is 4. The number of esters is 1. The van der Waals surface area contributed by atoms with Gasteiger partial charge < -0.3 is 4.74 Å². The van der Waals surface area contributed by atoms with Crippen LogP contribution in [-0.4, -0.2) is 24.4 Å². The second-order valence-electron chi connectivity index (χ2n) is 5.13. The maximum Gasteiger partial charge on any atom is 0.306 e. The summed E-state index contributed by atoms with van der Waals surface area (Å²) in [7, 11) is 0. The van der Waals surface area contributed by atoms with E-state index >= 15 is 0 Å². The van der Waals surface area contributed by atoms with Crippen LogP contribution in [0.2, 0.25) is 0 Å². The Morgan fingerprint density at radius 2 is 1.60 bits per heavy atom. The van der Waals surface area contributed by atoms with Crippen molar-refractivity contribution in [2.75, 3.05) is 6.61 Å². The van der Waals surface area contributed by atoms with Gasteiger partial charge in [-0.1, -0.05) is 42.5 Å². The minimum atomic E-state index is -0.617. The lowest BCUT2D eigenvalue weighted by Crippen LogP contribution is -2.43. The number of aryl methyl sites for hydroxylation is 1. The van der Waals surface area contributed by atoms with Crippen molar-refractivity contribution in [3.05, 3.63) is 70.2 Å². The molecule has 2 amide bonds. The number of rotatable bonds is 6. The zero-order valence-corrected chi connectivity index (χ0v) is 14.9. The zero-order valence-electron chi connectivity index (χ0n) is 13.3. The molecule has 0 saturated carbocycles. The van der Waals surface area contributed by atoms with Crippen LogP contribution in [0, 0.1) is 0 Å². The molecule has 2 aromatic carbocycles. The minimum absolute atomic E-state index is 0.181. The number of halogens is 1. The Labute approximate surface area is 153 Å². The highest BCUT2D eigenvalue weighted by Crippen LogP contribution is 2.15. The van der Waals surface area contributed by atoms with Crippen LogP contribution in [-0.2, 0) is 20.7 Å². The number of hydrogen-bond donors (Lipinski definition) is 2. The molecule has 0 aliphatic carbocycles. The fourth-order valence-electron chi connectivity index (χ4n) is 1.98. The standard InChI is InChI=1S/C18H17BrN2O4/c19-15-9-5-4-8-14(15)18(24)21-20-16(22)12-25-17(23)11-10-13-6-2-1-3-7-13/h1-9H,10-12H2,(H,20,22)(H,21,24). The van der Waals surface area contributed by atoms with Gasteiger partial charge in [0.25, 0.3) is 11.8 Å². The van der Waals surface area contributed by atoms with Gasteiger partial charge in [0, 0.05) is 10.9 Å². The van der Waals surface area contributed by atoms with E-state index in [1.807, 2.05) is 30.3 Å². The molecular formula is C18H17BrN2O4. The predicted molar refractivity (Wildman–Crippen MR) is 95.5 cm³/mol. The summed E-state index contributed by atoms with van der Waals surface area (Å²) in [6.45, 7) is -0.455. The molecule has 2 N–H and O–H groups in total. The Balaban J connectivity index is 1.67. The third-order valence-corrected chi connectivity index (χ3v) is 3.95. The van der Waals surface area contributed by atoms with Crippen LogP contribution in [0.5, 0.6) is 0 Å². The Morgan fingerprint density at radius 3 is 2.32 bits per heavy atom. The van der Waals surface area contributed by atoms with Gasteiger partial charge in [-0.2, -0.15) is 0 Å². The molecule has 130 valence electrons. The van der Waals surface area contributed by atoms with Gasteiger partial charge in [0.2, 0.25) is 0 Å². The summed E-state index contributed by atoms with van der Waals surface area (Å²) < 4.78 is 5.48. The second-order valence-corrected chi connectivity index (χ2v) is 5.98. The van der Waals surface area contributed by atoms with Crippen LogP contribution in [0.1, 0.15) is 22.3 Å². The van der Waals surface area contributed by atoms with Crippen LogP contribution in [0.4, 0.5) is 0 Å². The van der Waals surface area contributed by atoms with Crippen molar-refractivity contribution in [2.24, 2.45) is 0 Å². The first-order valence-electron chi connectivity index (χ1n) is 7.59. The van der Waals surface area contributed by atoms with Crippen LogP contribution >= 0.6 is 15.9 Å². The average molecular weight is 405 g/mol. The van der Waals surface area contributed by atoms with Crippen molar-refractivity contribution in [2.45, 2.75) is 12.8 Å². The Bertz CT molecular complexity index is 750. The van der Waals surface area contributed by atoms with Crippen molar-refractivity contribution in [3.63, 3.8) is 0 Å². The van der Waals surface area contributed by atoms with Gasteiger partial charge in [-0.15, -0.1) is 0 Å². The summed E-state index contributed by atoms with van der Waals surface area (Å²) in [5, 5.41) is 0. The van der Waals surface area contributed by atoms with E-state index < -0.39 is 24.4 Å². The summed E-state index contributed by atoms with van der Waals surface area (Å²) in [6, 6.07) is 16.3. The number of carbonyl (C=O) groups excluding carboxylic acids is 3. The molecule has 6 nitrogen and oxygen atoms in total. The van der Waals surface area contributed by atoms with Gasteiger partial charge in [-0.05, 0) is 40.0 Å². The Hall–Kier alpha value is -2.67. The van der Waals surface area contributed by atoms with E-state index in [9.17, 15) is 14.4 Å². The third kappa shape index (κ3) is 6.39. The number of carbonyl (C=O) groups is 3. The van der Waals surface area contributed by atoms with Crippen LogP contribution in [0.25, 0.3) is 0 Å². The normalized spacial score (nSPS) is 9.96. The monoisotopic (exact) mass is 404 g/mol. The largest absolute Gasteiger partial charge is 0.455 e. The molecular weight excluding hydrogens is 388 g/mol. The van der Waals surface area contributed by atoms with Crippen molar-refractivity contribution < 1.29 is 19.1 Å². The molecule has 0 radical (unpaired) electrons. The number of nitrogens with one attached hydrogen (secondary N) is 2. The molecule has 7 heteroatoms. The van der Waals surface area contributed by atoms with Crippen molar-refractivity contribution >= 4 is 33.7 Å². The van der Waals surface area contributed by atoms with Crippen LogP contribution in [0.15, 0.2) is 59.1 Å². The first-order chi connectivity index (χ1) is 12.1. The van der Waals surface area contributed by atoms with Crippen molar-refractivity contribution in [1.29, 1.82) is 0 Å². The number of hydrazine groups is 1. The summed E-state index contributed by atoms with van der Waals surface area (Å²) in [4.78, 5) is 35.2. The molecule has 0 bridgehead atoms. The van der Waals surface area contributed by atoms with Gasteiger partial charge in [0.1, 0.15) is 0 Å². The smallest absolute Gasteiger partial charge is 0.306 e. The maximum atomic E-state index is 11.9. The van der Waals surface area contributed by atoms with E-state index in [4.69, 9.17) is 4.74 Å². The van der Waals surface area contributed by atoms with Gasteiger partial charge in [0.05, 0.1) is 5.56 Å². The van der Waals surface area contributed by atoms with Gasteiger partial charge in [-0.25, -0.2) is 0 Å². The molecule has 0 saturated heterocycles. The molecule has 0 aliphatic rings. The third-order valence-electron chi connectivity index (χ3n) is 3.26. The number of ether oxygens (including phenoxy) is 1. The predicted octanol–water partition coefficient (Wildman–Crippen LogP) is 2.39. The average Bonchev–Trinajstić information content (AvgIpc) is 2.64. The summed E-state index contributed by atoms with van der Waals surface area (Å²) in [5.74, 6) is -1.57. The highest BCUT2D eigenvalue weighted by atomic mass is 79.9. The van der Waals surface area contributed by atoms with E-state index in [0.717, 1.165) is 5.56 Å². The molecule has 2 aromatic rings. The lowest BCUT2D eigenvalue weighted by molar-refractivity contribution is -0.148. The lowest BCUT2D eigenvalue weighted by Gasteiger charge is -2.09. The van der Waals surface area contributed by atoms with Gasteiger partial charge in [0.15, 0.2) is 6.61 Å².